The van der Waals surface area contributed by atoms with Crippen molar-refractivity contribution >= 4 is 86.9 Å². The molecule has 14 rings (SSSR count). The number of H-pyrrole nitrogens is 1. The van der Waals surface area contributed by atoms with Gasteiger partial charge in [0.1, 0.15) is 59.4 Å². The number of carbonyl (C=O) groups is 8. The van der Waals surface area contributed by atoms with Crippen LogP contribution < -0.4 is 20.9 Å². The Morgan fingerprint density at radius 2 is 1.45 bits per heavy atom. The molecular weight excluding hydrogens is 1630 g/mol. The second kappa shape index (κ2) is 44.8. The van der Waals surface area contributed by atoms with Crippen LogP contribution in [0.1, 0.15) is 176 Å². The molecule has 2 unspecified atom stereocenters. The Balaban J connectivity index is 0.458. The first-order valence-electron chi connectivity index (χ1n) is 45.7. The second-order valence-corrected chi connectivity index (χ2v) is 35.4. The molecule has 9 atom stereocenters. The van der Waals surface area contributed by atoms with Crippen LogP contribution in [0.5, 0.6) is 0 Å². The number of ketones is 3. The first-order valence-corrected chi connectivity index (χ1v) is 45.7. The third-order valence-corrected chi connectivity index (χ3v) is 26.2. The summed E-state index contributed by atoms with van der Waals surface area (Å²) < 4.78 is 38.0. The average Bonchev–Trinajstić information content (AvgIpc) is 1.61. The number of anilines is 3. The van der Waals surface area contributed by atoms with Gasteiger partial charge in [-0.3, -0.25) is 33.7 Å². The van der Waals surface area contributed by atoms with Crippen molar-refractivity contribution in [3.8, 4) is 11.3 Å². The molecule has 1 saturated carbocycles. The molecule has 6 aliphatic heterocycles. The normalized spacial score (nSPS) is 25.8. The molecule has 4 amide bonds. The molecule has 0 spiro atoms. The van der Waals surface area contributed by atoms with E-state index in [4.69, 9.17) is 39.3 Å². The Labute approximate surface area is 747 Å². The van der Waals surface area contributed by atoms with Gasteiger partial charge in [0, 0.05) is 177 Å². The molecule has 7 aromatic rings. The molecule has 33 nitrogen and oxygen atoms in total. The van der Waals surface area contributed by atoms with E-state index in [0.717, 1.165) is 78.9 Å². The van der Waals surface area contributed by atoms with Crippen LogP contribution in [0, 0.1) is 23.7 Å². The summed E-state index contributed by atoms with van der Waals surface area (Å²) in [5.41, 5.74) is 15.3. The number of hydrogen-bond acceptors (Lipinski definition) is 27. The van der Waals surface area contributed by atoms with Crippen LogP contribution in [0.4, 0.5) is 22.5 Å². The summed E-state index contributed by atoms with van der Waals surface area (Å²) in [7, 11) is 1.63. The van der Waals surface area contributed by atoms with Crippen LogP contribution in [0.25, 0.3) is 33.3 Å². The predicted molar refractivity (Wildman–Crippen MR) is 480 cm³/mol. The number of alkyl carbamates (subject to hydrolysis) is 1. The van der Waals surface area contributed by atoms with E-state index in [2.05, 4.69) is 73.2 Å². The highest BCUT2D eigenvalue weighted by atomic mass is 16.6. The summed E-state index contributed by atoms with van der Waals surface area (Å²) in [5, 5.41) is 20.7. The molecule has 0 radical (unpaired) electrons. The fraction of sp³-hybridized carbons (Fsp3) is 0.558. The number of aliphatic hydroxyl groups excluding tert-OH is 1. The van der Waals surface area contributed by atoms with Gasteiger partial charge in [-0.15, -0.1) is 0 Å². The zero-order chi connectivity index (χ0) is 89.7. The standard InChI is InChI=1S/C95H124N18O15/c1-61-13-8-7-9-14-62(2)82(123-6)50-75-15-12-17-81(126-75)86(118)91(120)112-30-11-10-16-77(112)92(121)127-76(49-78(114)64(4)46-65(5)80(116)51-79(115)63(3)45-61)25-21-66-19-23-74(24-20-66)128-95(122)103-54-68-52-99-93(100-53-68)110-38-36-108(37-39-110)83(117)28-41-124-43-44-125-42-40-107-32-34-109(35-33-107)94-101-56-73(57-102-94)90(119)111-31-27-69-47-67(18-22-71(69)59-111)58-113-89-84(87(96)104-60-105-89)85(106-113)72-48-70-26-29-97-88(70)98-55-72/h7-9,13-14,18,22,26,29,46-48,52-53,55-57,60-61,63-64,66,74-77,80-82,116H,10-12,15-17,19-21,23-25,27-28,30-45,49-51,54,58-59H2,1-6H3,(H,97,98)(H,103,122)(H2,96,104,105)/b9-7+,13-8+,62-14+,65-46+/t61-,63-,64-,66-,74-,75?,76-,77+,80+,81?,82+/m1/s1. The topological polar surface area (TPSA) is 393 Å². The van der Waals surface area contributed by atoms with Crippen molar-refractivity contribution < 1.29 is 71.9 Å². The molecule has 2 bridgehead atoms. The van der Waals surface area contributed by atoms with Gasteiger partial charge in [0.15, 0.2) is 5.65 Å². The van der Waals surface area contributed by atoms with E-state index in [1.165, 1.54) is 16.8 Å². The highest BCUT2D eigenvalue weighted by Crippen LogP contribution is 2.36. The summed E-state index contributed by atoms with van der Waals surface area (Å²) >= 11 is 0. The minimum Gasteiger partial charge on any atom is -0.460 e. The smallest absolute Gasteiger partial charge is 0.407 e. The number of methoxy groups -OCH3 is 1. The zero-order valence-electron chi connectivity index (χ0n) is 74.6. The number of aromatic amines is 1. The highest BCUT2D eigenvalue weighted by Gasteiger charge is 2.42. The third-order valence-electron chi connectivity index (χ3n) is 26.2. The van der Waals surface area contributed by atoms with Crippen LogP contribution in [0.3, 0.4) is 0 Å². The van der Waals surface area contributed by atoms with Crippen molar-refractivity contribution in [2.45, 2.75) is 212 Å². The number of pyridine rings is 1. The number of esters is 1. The quantitative estimate of drug-likeness (QED) is 0.0212. The lowest BCUT2D eigenvalue weighted by Gasteiger charge is -2.36. The van der Waals surface area contributed by atoms with E-state index in [9.17, 15) is 43.5 Å². The molecule has 1 aromatic carbocycles. The van der Waals surface area contributed by atoms with Crippen molar-refractivity contribution in [3.05, 3.63) is 149 Å². The van der Waals surface area contributed by atoms with E-state index in [1.807, 2.05) is 88.9 Å². The van der Waals surface area contributed by atoms with Gasteiger partial charge < -0.3 is 74.1 Å². The van der Waals surface area contributed by atoms with Gasteiger partial charge in [0.05, 0.1) is 68.7 Å². The predicted octanol–water partition coefficient (Wildman–Crippen LogP) is 10.0. The number of nitrogens with one attached hydrogen (secondary N) is 2. The van der Waals surface area contributed by atoms with Crippen LogP contribution in [0.2, 0.25) is 0 Å². The lowest BCUT2D eigenvalue weighted by Crippen LogP contribution is -2.54. The first kappa shape index (κ1) is 93.1. The number of carbonyl (C=O) groups excluding carboxylic acids is 8. The van der Waals surface area contributed by atoms with Crippen LogP contribution in [-0.4, -0.2) is 270 Å². The summed E-state index contributed by atoms with van der Waals surface area (Å²) in [5.74, 6) is -1.80. The Bertz CT molecular complexity index is 5130. The van der Waals surface area contributed by atoms with Gasteiger partial charge in [-0.05, 0) is 156 Å². The van der Waals surface area contributed by atoms with E-state index >= 15 is 0 Å². The molecule has 128 heavy (non-hydrogen) atoms. The number of hydrogen-bond donors (Lipinski definition) is 4. The number of benzene rings is 1. The van der Waals surface area contributed by atoms with E-state index < -0.39 is 54.0 Å². The van der Waals surface area contributed by atoms with Gasteiger partial charge in [0.25, 0.3) is 11.8 Å². The Kier molecular flexibility index (Phi) is 32.5. The molecular formula is C95H124N18O15. The number of nitrogens with zero attached hydrogens (tertiary/aromatic N) is 15. The number of rotatable bonds is 22. The number of amides is 4. The number of nitrogens with two attached hydrogens (primary N) is 1. The van der Waals surface area contributed by atoms with Crippen molar-refractivity contribution in [1.82, 2.24) is 74.6 Å². The first-order chi connectivity index (χ1) is 62.0. The number of aliphatic hydroxyl groups is 1. The molecule has 33 heteroatoms. The summed E-state index contributed by atoms with van der Waals surface area (Å²) in [6.45, 7) is 18.8. The number of allylic oxidation sites excluding steroid dienone is 6. The van der Waals surface area contributed by atoms with Crippen LogP contribution in [-0.2, 0) is 83.2 Å². The van der Waals surface area contributed by atoms with E-state index in [0.29, 0.717) is 200 Å². The number of piperidine rings is 1. The SMILES string of the molecule is CO[C@H]1CC2CCCC(O2)C(=O)C(=O)N2CCCC[C@H]2C(=O)O[C@H](CC[C@H]2CC[C@H](OC(=O)NCc3cnc(N4CCN(C(=O)CCOCCOCCN5CCN(c6ncc(C(=O)N7CCc8cc(Cn9nc(-c%10cnc%11[nH]ccc%11c%10)c%10c(N)ncnc%109)ccc8C7)cn6)CC5)CC4)nc3)CC2)CC(=O)[C@H](C)/C=C(\C)[C@@H](O)CC(=O)[C@H](C)C[C@H](C)/C=C/C=C/C=C/1C. The number of fused-ring (bicyclic) bond motifs is 6. The van der Waals surface area contributed by atoms with Crippen molar-refractivity contribution in [3.63, 3.8) is 0 Å². The van der Waals surface area contributed by atoms with E-state index in [1.54, 1.807) is 58.0 Å². The molecule has 4 saturated heterocycles. The molecule has 5 fully saturated rings. The molecule has 6 aromatic heterocycles. The minimum absolute atomic E-state index is 0.0161. The van der Waals surface area contributed by atoms with Gasteiger partial charge in [-0.25, -0.2) is 49.2 Å². The van der Waals surface area contributed by atoms with Crippen LogP contribution in [0.15, 0.2) is 121 Å². The Hall–Kier alpha value is -11.1. The lowest BCUT2D eigenvalue weighted by molar-refractivity contribution is -0.167. The zero-order valence-corrected chi connectivity index (χ0v) is 74.6. The van der Waals surface area contributed by atoms with E-state index in [-0.39, 0.29) is 98.4 Å². The van der Waals surface area contributed by atoms with Gasteiger partial charge >= 0.3 is 12.1 Å². The summed E-state index contributed by atoms with van der Waals surface area (Å²) in [6.07, 6.45) is 27.4. The second-order valence-electron chi connectivity index (χ2n) is 35.4. The maximum absolute atomic E-state index is 14.5. The van der Waals surface area contributed by atoms with Gasteiger partial charge in [-0.1, -0.05) is 75.4 Å². The van der Waals surface area contributed by atoms with Gasteiger partial charge in [-0.2, -0.15) is 5.10 Å². The maximum atomic E-state index is 14.5. The third kappa shape index (κ3) is 24.7. The molecule has 684 valence electrons. The van der Waals surface area contributed by atoms with Crippen LogP contribution >= 0.6 is 0 Å². The largest absolute Gasteiger partial charge is 0.460 e. The average molecular weight is 1760 g/mol. The summed E-state index contributed by atoms with van der Waals surface area (Å²) in [4.78, 5) is 157. The fourth-order valence-corrected chi connectivity index (χ4v) is 18.4. The Morgan fingerprint density at radius 1 is 0.695 bits per heavy atom. The Morgan fingerprint density at radius 3 is 2.21 bits per heavy atom. The number of ether oxygens (including phenoxy) is 6. The van der Waals surface area contributed by atoms with Gasteiger partial charge in [0.2, 0.25) is 23.6 Å². The lowest BCUT2D eigenvalue weighted by atomic mass is 9.83. The maximum Gasteiger partial charge on any atom is 0.407 e. The highest BCUT2D eigenvalue weighted by molar-refractivity contribution is 6.38. The van der Waals surface area contributed by atoms with Crippen molar-refractivity contribution in [2.24, 2.45) is 23.7 Å². The number of aromatic nitrogens is 10. The van der Waals surface area contributed by atoms with Crippen molar-refractivity contribution in [1.29, 1.82) is 0 Å². The monoisotopic (exact) mass is 1760 g/mol. The van der Waals surface area contributed by atoms with Crippen molar-refractivity contribution in [2.75, 3.05) is 121 Å². The molecule has 12 heterocycles. The number of nitrogen functional groups attached to an aromatic ring is 1. The number of cyclic esters (lactones) is 1. The molecule has 5 N–H and O–H groups in total. The number of Topliss-reactive ketones (excluding diaryl/α,β-unsaturated/α-hetero) is 3. The minimum atomic E-state index is -1.09. The molecule has 1 aliphatic carbocycles. The summed E-state index contributed by atoms with van der Waals surface area (Å²) in [6, 6.07) is 9.31. The fourth-order valence-electron chi connectivity index (χ4n) is 18.4. The number of piperazine rings is 2. The molecule has 7 aliphatic rings.